The van der Waals surface area contributed by atoms with Gasteiger partial charge in [0, 0.05) is 7.11 Å². The van der Waals surface area contributed by atoms with Gasteiger partial charge in [-0.15, -0.1) is 0 Å². The van der Waals surface area contributed by atoms with Crippen molar-refractivity contribution in [2.75, 3.05) is 26.9 Å². The van der Waals surface area contributed by atoms with Crippen molar-refractivity contribution in [1.82, 2.24) is 0 Å². The summed E-state index contributed by atoms with van der Waals surface area (Å²) in [5.74, 6) is 0. The highest BCUT2D eigenvalue weighted by atomic mass is 16.7. The van der Waals surface area contributed by atoms with Gasteiger partial charge in [0.1, 0.15) is 0 Å². The molecule has 0 bridgehead atoms. The van der Waals surface area contributed by atoms with E-state index in [4.69, 9.17) is 31.3 Å². The second-order valence-electron chi connectivity index (χ2n) is 2.40. The maximum Gasteiger partial charge on any atom is 0.266 e. The van der Waals surface area contributed by atoms with Gasteiger partial charge in [-0.25, -0.2) is 0 Å². The predicted octanol–water partition coefficient (Wildman–Crippen LogP) is -3.44. The van der Waals surface area contributed by atoms with E-state index in [0.717, 1.165) is 0 Å². The van der Waals surface area contributed by atoms with Gasteiger partial charge in [-0.05, 0) is 0 Å². The third-order valence-electron chi connectivity index (χ3n) is 1.16. The van der Waals surface area contributed by atoms with Crippen LogP contribution >= 0.6 is 0 Å². The highest BCUT2D eigenvalue weighted by molar-refractivity contribution is 4.80. The summed E-state index contributed by atoms with van der Waals surface area (Å²) in [4.78, 5) is 0. The van der Waals surface area contributed by atoms with E-state index < -0.39 is 31.8 Å². The summed E-state index contributed by atoms with van der Waals surface area (Å²) in [5.41, 5.74) is 3.94. The van der Waals surface area contributed by atoms with E-state index in [-0.39, 0.29) is 0 Å². The van der Waals surface area contributed by atoms with Crippen LogP contribution in [0.5, 0.6) is 0 Å². The minimum Gasteiger partial charge on any atom is -0.394 e. The Labute approximate surface area is 76.0 Å². The Morgan fingerprint density at radius 2 is 1.38 bits per heavy atom. The number of ether oxygens (including phenoxy) is 1. The smallest absolute Gasteiger partial charge is 0.266 e. The summed E-state index contributed by atoms with van der Waals surface area (Å²) >= 11 is 0. The standard InChI is InChI=1S/C4H11NO3.C2H6O3/c5-4(1-6,2-7)3-8;1-5-2(3)4/h6-8H,1-3,5H2;2-4H,1H3. The van der Waals surface area contributed by atoms with Crippen molar-refractivity contribution >= 4 is 0 Å². The van der Waals surface area contributed by atoms with E-state index in [1.54, 1.807) is 0 Å². The van der Waals surface area contributed by atoms with E-state index in [1.165, 1.54) is 7.11 Å². The molecule has 0 aromatic heterocycles. The number of nitrogens with two attached hydrogens (primary N) is 1. The molecule has 0 aliphatic heterocycles. The summed E-state index contributed by atoms with van der Waals surface area (Å²) < 4.78 is 3.86. The highest BCUT2D eigenvalue weighted by Gasteiger charge is 2.20. The van der Waals surface area contributed by atoms with Gasteiger partial charge >= 0.3 is 0 Å². The number of hydrogen-bond acceptors (Lipinski definition) is 7. The van der Waals surface area contributed by atoms with Crippen LogP contribution < -0.4 is 5.73 Å². The van der Waals surface area contributed by atoms with Crippen molar-refractivity contribution in [2.45, 2.75) is 12.0 Å². The fourth-order valence-electron chi connectivity index (χ4n) is 0.150. The molecule has 0 radical (unpaired) electrons. The SMILES string of the molecule is COC(O)O.NC(CO)(CO)CO. The molecule has 13 heavy (non-hydrogen) atoms. The van der Waals surface area contributed by atoms with E-state index in [0.29, 0.717) is 0 Å². The molecule has 0 unspecified atom stereocenters. The lowest BCUT2D eigenvalue weighted by Gasteiger charge is -2.20. The maximum absolute atomic E-state index is 8.34. The number of hydrogen-bond donors (Lipinski definition) is 6. The molecule has 0 aliphatic rings. The Balaban J connectivity index is 0. The number of rotatable bonds is 4. The van der Waals surface area contributed by atoms with E-state index in [1.807, 2.05) is 0 Å². The lowest BCUT2D eigenvalue weighted by atomic mass is 10.1. The summed E-state index contributed by atoms with van der Waals surface area (Å²) in [5, 5.41) is 40.4. The molecule has 0 aromatic rings. The van der Waals surface area contributed by atoms with Crippen molar-refractivity contribution in [2.24, 2.45) is 5.73 Å². The van der Waals surface area contributed by atoms with Crippen LogP contribution in [-0.4, -0.2) is 64.5 Å². The quantitative estimate of drug-likeness (QED) is 0.259. The second-order valence-corrected chi connectivity index (χ2v) is 2.40. The molecule has 82 valence electrons. The minimum atomic E-state index is -1.62. The monoisotopic (exact) mass is 199 g/mol. The summed E-state index contributed by atoms with van der Waals surface area (Å²) in [6.07, 6.45) is 0. The Morgan fingerprint density at radius 1 is 1.15 bits per heavy atom. The molecule has 0 amide bonds. The summed E-state index contributed by atoms with van der Waals surface area (Å²) in [6.45, 7) is -2.82. The molecule has 0 spiro atoms. The van der Waals surface area contributed by atoms with Crippen molar-refractivity contribution < 1.29 is 30.3 Å². The van der Waals surface area contributed by atoms with Crippen molar-refractivity contribution in [3.63, 3.8) is 0 Å². The summed E-state index contributed by atoms with van der Waals surface area (Å²) in [6, 6.07) is 0. The molecule has 0 heterocycles. The first kappa shape index (κ1) is 15.2. The van der Waals surface area contributed by atoms with Crippen LogP contribution in [0.2, 0.25) is 0 Å². The topological polar surface area (TPSA) is 136 Å². The minimum absolute atomic E-state index is 0.403. The highest BCUT2D eigenvalue weighted by Crippen LogP contribution is 1.93. The molecule has 0 atom stereocenters. The zero-order valence-corrected chi connectivity index (χ0v) is 7.42. The van der Waals surface area contributed by atoms with Gasteiger partial charge in [0.15, 0.2) is 0 Å². The Kier molecular flexibility index (Phi) is 9.74. The molecule has 0 fully saturated rings. The van der Waals surface area contributed by atoms with Gasteiger partial charge in [-0.2, -0.15) is 0 Å². The van der Waals surface area contributed by atoms with Crippen molar-refractivity contribution in [3.05, 3.63) is 0 Å². The first-order valence-electron chi connectivity index (χ1n) is 3.46. The normalized spacial score (nSPS) is 11.1. The van der Waals surface area contributed by atoms with E-state index >= 15 is 0 Å². The molecule has 0 aromatic carbocycles. The molecule has 0 saturated heterocycles. The van der Waals surface area contributed by atoms with Gasteiger partial charge < -0.3 is 36.0 Å². The summed E-state index contributed by atoms with van der Waals surface area (Å²) in [7, 11) is 1.20. The van der Waals surface area contributed by atoms with Crippen LogP contribution in [0.1, 0.15) is 0 Å². The molecular formula is C6H17NO6. The van der Waals surface area contributed by atoms with Crippen LogP contribution in [0.15, 0.2) is 0 Å². The molecule has 0 aliphatic carbocycles. The lowest BCUT2D eigenvalue weighted by Crippen LogP contribution is -2.50. The first-order chi connectivity index (χ1) is 5.95. The van der Waals surface area contributed by atoms with Gasteiger partial charge in [0.2, 0.25) is 0 Å². The third-order valence-corrected chi connectivity index (χ3v) is 1.16. The molecular weight excluding hydrogens is 182 g/mol. The Bertz CT molecular complexity index is 97.0. The third kappa shape index (κ3) is 9.64. The van der Waals surface area contributed by atoms with Crippen LogP contribution in [0.4, 0.5) is 0 Å². The van der Waals surface area contributed by atoms with Gasteiger partial charge in [-0.1, -0.05) is 0 Å². The maximum atomic E-state index is 8.34. The average molecular weight is 199 g/mol. The van der Waals surface area contributed by atoms with Crippen LogP contribution in [0.25, 0.3) is 0 Å². The van der Waals surface area contributed by atoms with Crippen LogP contribution in [-0.2, 0) is 4.74 Å². The van der Waals surface area contributed by atoms with Gasteiger partial charge in [-0.3, -0.25) is 0 Å². The predicted molar refractivity (Wildman–Crippen MR) is 43.4 cm³/mol. The Hall–Kier alpha value is -0.280. The first-order valence-corrected chi connectivity index (χ1v) is 3.46. The van der Waals surface area contributed by atoms with Crippen molar-refractivity contribution in [3.8, 4) is 0 Å². The fraction of sp³-hybridized carbons (Fsp3) is 1.00. The fourth-order valence-corrected chi connectivity index (χ4v) is 0.150. The molecule has 0 rings (SSSR count). The van der Waals surface area contributed by atoms with E-state index in [9.17, 15) is 0 Å². The molecule has 0 saturated carbocycles. The van der Waals surface area contributed by atoms with Crippen LogP contribution in [0, 0.1) is 0 Å². The molecule has 7 heteroatoms. The van der Waals surface area contributed by atoms with Crippen LogP contribution in [0.3, 0.4) is 0 Å². The molecule has 7 nitrogen and oxygen atoms in total. The van der Waals surface area contributed by atoms with Crippen molar-refractivity contribution in [1.29, 1.82) is 0 Å². The second kappa shape index (κ2) is 8.32. The largest absolute Gasteiger partial charge is 0.394 e. The van der Waals surface area contributed by atoms with Gasteiger partial charge in [0.05, 0.1) is 25.4 Å². The van der Waals surface area contributed by atoms with Gasteiger partial charge in [0.25, 0.3) is 6.48 Å². The van der Waals surface area contributed by atoms with E-state index in [2.05, 4.69) is 4.74 Å². The number of methoxy groups -OCH3 is 1. The molecule has 7 N–H and O–H groups in total. The average Bonchev–Trinajstić information content (AvgIpc) is 2.17. The number of aliphatic hydroxyl groups is 5. The Morgan fingerprint density at radius 3 is 1.38 bits per heavy atom. The zero-order valence-electron chi connectivity index (χ0n) is 7.42. The number of aliphatic hydroxyl groups excluding tert-OH is 4. The zero-order chi connectivity index (χ0) is 10.9. The lowest BCUT2D eigenvalue weighted by molar-refractivity contribution is -0.218.